The van der Waals surface area contributed by atoms with Crippen molar-refractivity contribution in [2.75, 3.05) is 25.1 Å². The average Bonchev–Trinajstić information content (AvgIpc) is 2.62. The molecule has 0 bridgehead atoms. The summed E-state index contributed by atoms with van der Waals surface area (Å²) in [6.45, 7) is 4.39. The SMILES string of the molecule is CCOCCCn1cc(C)nc1NCC(F)(F)F. The van der Waals surface area contributed by atoms with Crippen LogP contribution >= 0.6 is 0 Å². The molecule has 0 radical (unpaired) electrons. The van der Waals surface area contributed by atoms with Gasteiger partial charge in [0.1, 0.15) is 6.54 Å². The zero-order valence-electron chi connectivity index (χ0n) is 10.5. The van der Waals surface area contributed by atoms with Gasteiger partial charge >= 0.3 is 6.18 Å². The van der Waals surface area contributed by atoms with Crippen LogP contribution in [0.4, 0.5) is 19.1 Å². The van der Waals surface area contributed by atoms with E-state index in [4.69, 9.17) is 4.74 Å². The van der Waals surface area contributed by atoms with E-state index in [9.17, 15) is 13.2 Å². The zero-order chi connectivity index (χ0) is 13.6. The highest BCUT2D eigenvalue weighted by atomic mass is 19.4. The number of aromatic nitrogens is 2. The third-order valence-corrected chi connectivity index (χ3v) is 2.24. The minimum absolute atomic E-state index is 0.251. The van der Waals surface area contributed by atoms with Crippen LogP contribution < -0.4 is 5.32 Å². The van der Waals surface area contributed by atoms with Crippen LogP contribution in [0.2, 0.25) is 0 Å². The summed E-state index contributed by atoms with van der Waals surface area (Å²) in [5.41, 5.74) is 0.691. The van der Waals surface area contributed by atoms with E-state index < -0.39 is 12.7 Å². The topological polar surface area (TPSA) is 39.1 Å². The van der Waals surface area contributed by atoms with E-state index in [2.05, 4.69) is 10.3 Å². The van der Waals surface area contributed by atoms with Gasteiger partial charge in [-0.2, -0.15) is 13.2 Å². The highest BCUT2D eigenvalue weighted by Crippen LogP contribution is 2.16. The lowest BCUT2D eigenvalue weighted by atomic mass is 10.4. The number of alkyl halides is 3. The lowest BCUT2D eigenvalue weighted by Gasteiger charge is -2.11. The Morgan fingerprint density at radius 1 is 1.44 bits per heavy atom. The van der Waals surface area contributed by atoms with Gasteiger partial charge in [0.05, 0.1) is 5.69 Å². The van der Waals surface area contributed by atoms with Crippen molar-refractivity contribution in [3.05, 3.63) is 11.9 Å². The molecule has 1 aromatic rings. The number of nitrogens with zero attached hydrogens (tertiary/aromatic N) is 2. The number of halogens is 3. The molecule has 0 aliphatic rings. The van der Waals surface area contributed by atoms with Crippen molar-refractivity contribution in [2.24, 2.45) is 0 Å². The molecule has 7 heteroatoms. The van der Waals surface area contributed by atoms with E-state index >= 15 is 0 Å². The predicted octanol–water partition coefficient (Wildman–Crippen LogP) is 2.59. The maximum Gasteiger partial charge on any atom is 0.405 e. The smallest absolute Gasteiger partial charge is 0.382 e. The molecule has 0 aliphatic heterocycles. The highest BCUT2D eigenvalue weighted by molar-refractivity contribution is 5.28. The quantitative estimate of drug-likeness (QED) is 0.770. The van der Waals surface area contributed by atoms with Crippen LogP contribution in [-0.4, -0.2) is 35.5 Å². The third kappa shape index (κ3) is 5.39. The van der Waals surface area contributed by atoms with Gasteiger partial charge < -0.3 is 14.6 Å². The minimum atomic E-state index is -4.24. The Morgan fingerprint density at radius 2 is 2.17 bits per heavy atom. The molecule has 104 valence electrons. The van der Waals surface area contributed by atoms with Crippen molar-refractivity contribution in [2.45, 2.75) is 33.0 Å². The van der Waals surface area contributed by atoms with Gasteiger partial charge in [0, 0.05) is 26.0 Å². The number of aryl methyl sites for hydroxylation is 2. The van der Waals surface area contributed by atoms with E-state index in [1.165, 1.54) is 0 Å². The largest absolute Gasteiger partial charge is 0.405 e. The Hall–Kier alpha value is -1.24. The fraction of sp³-hybridized carbons (Fsp3) is 0.727. The maximum absolute atomic E-state index is 12.1. The summed E-state index contributed by atoms with van der Waals surface area (Å²) >= 11 is 0. The number of hydrogen-bond acceptors (Lipinski definition) is 3. The normalized spacial score (nSPS) is 11.8. The summed E-state index contributed by atoms with van der Waals surface area (Å²) < 4.78 is 43.2. The summed E-state index contributed by atoms with van der Waals surface area (Å²) in [6.07, 6.45) is -1.77. The summed E-state index contributed by atoms with van der Waals surface area (Å²) in [5.74, 6) is 0.251. The fourth-order valence-electron chi connectivity index (χ4n) is 1.52. The molecule has 4 nitrogen and oxygen atoms in total. The highest BCUT2D eigenvalue weighted by Gasteiger charge is 2.27. The molecule has 0 aromatic carbocycles. The van der Waals surface area contributed by atoms with Gasteiger partial charge in [0.15, 0.2) is 0 Å². The summed E-state index contributed by atoms with van der Waals surface area (Å²) in [5, 5.41) is 2.30. The second-order valence-corrected chi connectivity index (χ2v) is 3.92. The summed E-state index contributed by atoms with van der Waals surface area (Å²) in [4.78, 5) is 4.02. The van der Waals surface area contributed by atoms with Crippen LogP contribution in [-0.2, 0) is 11.3 Å². The first-order valence-electron chi connectivity index (χ1n) is 5.84. The van der Waals surface area contributed by atoms with Gasteiger partial charge in [-0.1, -0.05) is 0 Å². The van der Waals surface area contributed by atoms with E-state index in [0.29, 0.717) is 25.5 Å². The van der Waals surface area contributed by atoms with Crippen molar-refractivity contribution in [1.82, 2.24) is 9.55 Å². The number of anilines is 1. The van der Waals surface area contributed by atoms with Gasteiger partial charge in [-0.15, -0.1) is 0 Å². The summed E-state index contributed by atoms with van der Waals surface area (Å²) in [6, 6.07) is 0. The molecule has 1 N–H and O–H groups in total. The molecule has 1 heterocycles. The van der Waals surface area contributed by atoms with E-state index in [1.807, 2.05) is 6.92 Å². The Labute approximate surface area is 104 Å². The van der Waals surface area contributed by atoms with Crippen molar-refractivity contribution < 1.29 is 17.9 Å². The van der Waals surface area contributed by atoms with Crippen molar-refractivity contribution in [3.63, 3.8) is 0 Å². The third-order valence-electron chi connectivity index (χ3n) is 2.24. The molecule has 0 unspecified atom stereocenters. The molecule has 0 spiro atoms. The van der Waals surface area contributed by atoms with Gasteiger partial charge in [0.25, 0.3) is 0 Å². The van der Waals surface area contributed by atoms with Crippen LogP contribution in [0.15, 0.2) is 6.20 Å². The van der Waals surface area contributed by atoms with Crippen molar-refractivity contribution >= 4 is 5.95 Å². The number of hydrogen-bond donors (Lipinski definition) is 1. The molecule has 1 rings (SSSR count). The zero-order valence-corrected chi connectivity index (χ0v) is 10.5. The first-order chi connectivity index (χ1) is 8.42. The van der Waals surface area contributed by atoms with Crippen molar-refractivity contribution in [1.29, 1.82) is 0 Å². The van der Waals surface area contributed by atoms with E-state index in [-0.39, 0.29) is 5.95 Å². The van der Waals surface area contributed by atoms with Gasteiger partial charge in [-0.3, -0.25) is 0 Å². The van der Waals surface area contributed by atoms with E-state index in [0.717, 1.165) is 6.42 Å². The first-order valence-corrected chi connectivity index (χ1v) is 5.84. The Balaban J connectivity index is 2.51. The number of ether oxygens (including phenoxy) is 1. The second kappa shape index (κ2) is 6.63. The van der Waals surface area contributed by atoms with Crippen LogP contribution in [0.25, 0.3) is 0 Å². The first kappa shape index (κ1) is 14.8. The molecular formula is C11H18F3N3O. The molecule has 0 aliphatic carbocycles. The van der Waals surface area contributed by atoms with Gasteiger partial charge in [-0.25, -0.2) is 4.98 Å². The molecule has 18 heavy (non-hydrogen) atoms. The minimum Gasteiger partial charge on any atom is -0.382 e. The second-order valence-electron chi connectivity index (χ2n) is 3.92. The molecule has 0 saturated heterocycles. The Bertz CT molecular complexity index is 363. The number of rotatable bonds is 7. The molecule has 0 fully saturated rings. The predicted molar refractivity (Wildman–Crippen MR) is 62.6 cm³/mol. The molecule has 0 amide bonds. The lowest BCUT2D eigenvalue weighted by molar-refractivity contribution is -0.115. The monoisotopic (exact) mass is 265 g/mol. The molecule has 0 saturated carbocycles. The van der Waals surface area contributed by atoms with Gasteiger partial charge in [-0.05, 0) is 20.3 Å². The standard InChI is InChI=1S/C11H18F3N3O/c1-3-18-6-4-5-17-7-9(2)16-10(17)15-8-11(12,13)14/h7H,3-6,8H2,1-2H3,(H,15,16). The molecule has 1 aromatic heterocycles. The lowest BCUT2D eigenvalue weighted by Crippen LogP contribution is -2.23. The number of nitrogens with one attached hydrogen (secondary N) is 1. The van der Waals surface area contributed by atoms with Crippen LogP contribution in [0.1, 0.15) is 19.0 Å². The van der Waals surface area contributed by atoms with Gasteiger partial charge in [0.2, 0.25) is 5.95 Å². The fourth-order valence-corrected chi connectivity index (χ4v) is 1.52. The summed E-state index contributed by atoms with van der Waals surface area (Å²) in [7, 11) is 0. The molecule has 0 atom stereocenters. The van der Waals surface area contributed by atoms with Crippen LogP contribution in [0, 0.1) is 6.92 Å². The van der Waals surface area contributed by atoms with Crippen LogP contribution in [0.5, 0.6) is 0 Å². The Morgan fingerprint density at radius 3 is 2.78 bits per heavy atom. The van der Waals surface area contributed by atoms with Crippen molar-refractivity contribution in [3.8, 4) is 0 Å². The molecular weight excluding hydrogens is 247 g/mol. The Kier molecular flexibility index (Phi) is 5.46. The average molecular weight is 265 g/mol. The van der Waals surface area contributed by atoms with Crippen LogP contribution in [0.3, 0.4) is 0 Å². The number of imidazole rings is 1. The van der Waals surface area contributed by atoms with E-state index in [1.54, 1.807) is 17.7 Å². The maximum atomic E-state index is 12.1.